The van der Waals surface area contributed by atoms with Gasteiger partial charge in [0.2, 0.25) is 0 Å². The Labute approximate surface area is 106 Å². The quantitative estimate of drug-likeness (QED) is 0.784. The van der Waals surface area contributed by atoms with Crippen molar-refractivity contribution in [3.8, 4) is 0 Å². The summed E-state index contributed by atoms with van der Waals surface area (Å²) in [7, 11) is 0. The first kappa shape index (κ1) is 12.5. The maximum atomic E-state index is 11.9. The van der Waals surface area contributed by atoms with Gasteiger partial charge in [0.25, 0.3) is 5.91 Å². The lowest BCUT2D eigenvalue weighted by Gasteiger charge is -2.06. The first-order chi connectivity index (χ1) is 8.81. The van der Waals surface area contributed by atoms with Gasteiger partial charge in [-0.05, 0) is 30.8 Å². The van der Waals surface area contributed by atoms with Gasteiger partial charge in [0.1, 0.15) is 0 Å². The number of pyridine rings is 1. The molecule has 0 aliphatic heterocycles. The second-order valence-corrected chi connectivity index (χ2v) is 4.02. The molecule has 1 aromatic heterocycles. The maximum absolute atomic E-state index is 11.9. The molecule has 0 atom stereocenters. The Hall–Kier alpha value is -1.94. The van der Waals surface area contributed by atoms with Crippen LogP contribution in [0.5, 0.6) is 0 Å². The molecule has 2 aromatic rings. The van der Waals surface area contributed by atoms with E-state index in [4.69, 9.17) is 0 Å². The number of hydrogen-bond acceptors (Lipinski definition) is 3. The molecule has 0 radical (unpaired) electrons. The predicted molar refractivity (Wildman–Crippen MR) is 72.6 cm³/mol. The number of likely N-dealkylation sites (N-methyl/N-ethyl adjacent to an activating group) is 1. The van der Waals surface area contributed by atoms with Gasteiger partial charge in [0, 0.05) is 30.2 Å². The Bertz CT molecular complexity index is 539. The Balaban J connectivity index is 2.04. The minimum atomic E-state index is -0.0429. The largest absolute Gasteiger partial charge is 0.351 e. The fourth-order valence-electron chi connectivity index (χ4n) is 1.76. The molecular formula is C14H17N3O. The van der Waals surface area contributed by atoms with Crippen molar-refractivity contribution in [1.82, 2.24) is 15.6 Å². The van der Waals surface area contributed by atoms with Gasteiger partial charge >= 0.3 is 0 Å². The molecule has 0 spiro atoms. The number of carbonyl (C=O) groups excluding carboxylic acids is 1. The van der Waals surface area contributed by atoms with Crippen LogP contribution in [-0.4, -0.2) is 30.5 Å². The van der Waals surface area contributed by atoms with Crippen molar-refractivity contribution < 1.29 is 4.79 Å². The molecule has 18 heavy (non-hydrogen) atoms. The van der Waals surface area contributed by atoms with E-state index in [2.05, 4.69) is 15.6 Å². The summed E-state index contributed by atoms with van der Waals surface area (Å²) in [6, 6.07) is 9.37. The molecule has 0 saturated heterocycles. The predicted octanol–water partition coefficient (Wildman–Crippen LogP) is 1.57. The van der Waals surface area contributed by atoms with E-state index in [9.17, 15) is 4.79 Å². The Morgan fingerprint density at radius 1 is 1.28 bits per heavy atom. The standard InChI is InChI=1S/C14H17N3O/c1-2-15-8-9-17-14(18)12-5-6-13-11(10-12)4-3-7-16-13/h3-7,10,15H,2,8-9H2,1H3,(H,17,18). The van der Waals surface area contributed by atoms with E-state index in [0.717, 1.165) is 24.0 Å². The molecule has 1 aromatic carbocycles. The second-order valence-electron chi connectivity index (χ2n) is 4.02. The van der Waals surface area contributed by atoms with Gasteiger partial charge in [0.05, 0.1) is 5.52 Å². The first-order valence-corrected chi connectivity index (χ1v) is 6.15. The second kappa shape index (κ2) is 6.12. The Kier molecular flexibility index (Phi) is 4.25. The van der Waals surface area contributed by atoms with Crippen molar-refractivity contribution in [2.75, 3.05) is 19.6 Å². The fraction of sp³-hybridized carbons (Fsp3) is 0.286. The third-order valence-corrected chi connectivity index (χ3v) is 2.70. The zero-order valence-corrected chi connectivity index (χ0v) is 10.4. The maximum Gasteiger partial charge on any atom is 0.251 e. The highest BCUT2D eigenvalue weighted by molar-refractivity contribution is 5.97. The van der Waals surface area contributed by atoms with Gasteiger partial charge < -0.3 is 10.6 Å². The molecule has 2 rings (SSSR count). The number of aromatic nitrogens is 1. The van der Waals surface area contributed by atoms with Gasteiger partial charge in [0.15, 0.2) is 0 Å². The molecule has 2 N–H and O–H groups in total. The third-order valence-electron chi connectivity index (χ3n) is 2.70. The summed E-state index contributed by atoms with van der Waals surface area (Å²) in [6.45, 7) is 4.38. The van der Waals surface area contributed by atoms with E-state index in [0.29, 0.717) is 12.1 Å². The van der Waals surface area contributed by atoms with Crippen LogP contribution >= 0.6 is 0 Å². The SMILES string of the molecule is CCNCCNC(=O)c1ccc2ncccc2c1. The summed E-state index contributed by atoms with van der Waals surface area (Å²) < 4.78 is 0. The normalized spacial score (nSPS) is 10.5. The molecule has 1 heterocycles. The summed E-state index contributed by atoms with van der Waals surface area (Å²) in [4.78, 5) is 16.1. The molecule has 0 unspecified atom stereocenters. The van der Waals surface area contributed by atoms with Crippen molar-refractivity contribution >= 4 is 16.8 Å². The van der Waals surface area contributed by atoms with Gasteiger partial charge in [-0.2, -0.15) is 0 Å². The Morgan fingerprint density at radius 2 is 2.17 bits per heavy atom. The molecular weight excluding hydrogens is 226 g/mol. The molecule has 0 aliphatic carbocycles. The monoisotopic (exact) mass is 243 g/mol. The van der Waals surface area contributed by atoms with Crippen LogP contribution < -0.4 is 10.6 Å². The van der Waals surface area contributed by atoms with Crippen LogP contribution in [-0.2, 0) is 0 Å². The molecule has 1 amide bonds. The molecule has 0 saturated carbocycles. The van der Waals surface area contributed by atoms with Gasteiger partial charge in [-0.3, -0.25) is 9.78 Å². The van der Waals surface area contributed by atoms with E-state index in [1.807, 2.05) is 31.2 Å². The number of benzene rings is 1. The van der Waals surface area contributed by atoms with Crippen LogP contribution in [0, 0.1) is 0 Å². The van der Waals surface area contributed by atoms with E-state index in [1.165, 1.54) is 0 Å². The van der Waals surface area contributed by atoms with E-state index < -0.39 is 0 Å². The van der Waals surface area contributed by atoms with Gasteiger partial charge in [-0.15, -0.1) is 0 Å². The molecule has 0 bridgehead atoms. The van der Waals surface area contributed by atoms with Crippen LogP contribution in [0.4, 0.5) is 0 Å². The van der Waals surface area contributed by atoms with E-state index in [-0.39, 0.29) is 5.91 Å². The summed E-state index contributed by atoms with van der Waals surface area (Å²) in [6.07, 6.45) is 1.75. The van der Waals surface area contributed by atoms with Crippen LogP contribution in [0.1, 0.15) is 17.3 Å². The molecule has 0 aliphatic rings. The smallest absolute Gasteiger partial charge is 0.251 e. The number of carbonyl (C=O) groups is 1. The van der Waals surface area contributed by atoms with Crippen molar-refractivity contribution in [3.05, 3.63) is 42.1 Å². The molecule has 4 nitrogen and oxygen atoms in total. The van der Waals surface area contributed by atoms with E-state index >= 15 is 0 Å². The highest BCUT2D eigenvalue weighted by Crippen LogP contribution is 2.12. The lowest BCUT2D eigenvalue weighted by molar-refractivity contribution is 0.0954. The molecule has 0 fully saturated rings. The van der Waals surface area contributed by atoms with Crippen molar-refractivity contribution in [2.45, 2.75) is 6.92 Å². The van der Waals surface area contributed by atoms with Crippen molar-refractivity contribution in [3.63, 3.8) is 0 Å². The third kappa shape index (κ3) is 3.05. The number of amides is 1. The van der Waals surface area contributed by atoms with Crippen LogP contribution in [0.15, 0.2) is 36.5 Å². The van der Waals surface area contributed by atoms with Crippen LogP contribution in [0.3, 0.4) is 0 Å². The number of rotatable bonds is 5. The molecule has 94 valence electrons. The van der Waals surface area contributed by atoms with Crippen molar-refractivity contribution in [1.29, 1.82) is 0 Å². The highest BCUT2D eigenvalue weighted by atomic mass is 16.1. The van der Waals surface area contributed by atoms with E-state index in [1.54, 1.807) is 12.3 Å². The van der Waals surface area contributed by atoms with Crippen molar-refractivity contribution in [2.24, 2.45) is 0 Å². The average Bonchev–Trinajstić information content (AvgIpc) is 2.43. The topological polar surface area (TPSA) is 54.0 Å². The first-order valence-electron chi connectivity index (χ1n) is 6.15. The fourth-order valence-corrected chi connectivity index (χ4v) is 1.76. The minimum absolute atomic E-state index is 0.0429. The summed E-state index contributed by atoms with van der Waals surface area (Å²) in [5.41, 5.74) is 1.58. The minimum Gasteiger partial charge on any atom is -0.351 e. The summed E-state index contributed by atoms with van der Waals surface area (Å²) in [5.74, 6) is -0.0429. The number of hydrogen-bond donors (Lipinski definition) is 2. The summed E-state index contributed by atoms with van der Waals surface area (Å²) >= 11 is 0. The number of fused-ring (bicyclic) bond motifs is 1. The number of nitrogens with one attached hydrogen (secondary N) is 2. The van der Waals surface area contributed by atoms with Crippen LogP contribution in [0.2, 0.25) is 0 Å². The lowest BCUT2D eigenvalue weighted by Crippen LogP contribution is -2.31. The van der Waals surface area contributed by atoms with Gasteiger partial charge in [-0.1, -0.05) is 13.0 Å². The lowest BCUT2D eigenvalue weighted by atomic mass is 10.1. The van der Waals surface area contributed by atoms with Crippen LogP contribution in [0.25, 0.3) is 10.9 Å². The number of nitrogens with zero attached hydrogens (tertiary/aromatic N) is 1. The zero-order chi connectivity index (χ0) is 12.8. The average molecular weight is 243 g/mol. The van der Waals surface area contributed by atoms with Gasteiger partial charge in [-0.25, -0.2) is 0 Å². The highest BCUT2D eigenvalue weighted by Gasteiger charge is 2.05. The summed E-state index contributed by atoms with van der Waals surface area (Å²) in [5, 5.41) is 7.02. The molecule has 4 heteroatoms. The Morgan fingerprint density at radius 3 is 3.00 bits per heavy atom. The zero-order valence-electron chi connectivity index (χ0n) is 10.4.